The van der Waals surface area contributed by atoms with Crippen molar-refractivity contribution in [1.29, 1.82) is 0 Å². The summed E-state index contributed by atoms with van der Waals surface area (Å²) >= 11 is 0. The van der Waals surface area contributed by atoms with Crippen LogP contribution < -0.4 is 4.74 Å². The molecule has 0 saturated carbocycles. The lowest BCUT2D eigenvalue weighted by Crippen LogP contribution is -2.29. The van der Waals surface area contributed by atoms with Crippen molar-refractivity contribution in [3.05, 3.63) is 59.7 Å². The summed E-state index contributed by atoms with van der Waals surface area (Å²) in [5.41, 5.74) is 1.47. The number of hydrogen-bond acceptors (Lipinski definition) is 4. The molecule has 0 aliphatic heterocycles. The average molecular weight is 347 g/mol. The highest BCUT2D eigenvalue weighted by molar-refractivity contribution is 7.90. The van der Waals surface area contributed by atoms with E-state index in [1.807, 2.05) is 24.3 Å². The van der Waals surface area contributed by atoms with E-state index in [1.54, 1.807) is 31.2 Å². The first-order chi connectivity index (χ1) is 11.3. The minimum atomic E-state index is -3.33. The fourth-order valence-electron chi connectivity index (χ4n) is 2.27. The van der Waals surface area contributed by atoms with E-state index < -0.39 is 9.84 Å². The monoisotopic (exact) mass is 347 g/mol. The maximum Gasteiger partial charge on any atom is 0.253 e. The van der Waals surface area contributed by atoms with E-state index >= 15 is 0 Å². The molecule has 0 radical (unpaired) electrons. The van der Waals surface area contributed by atoms with Gasteiger partial charge in [-0.2, -0.15) is 0 Å². The molecule has 0 N–H and O–H groups in total. The van der Waals surface area contributed by atoms with Gasteiger partial charge in [0.15, 0.2) is 9.84 Å². The number of ether oxygens (including phenoxy) is 1. The van der Waals surface area contributed by atoms with Crippen LogP contribution in [0.15, 0.2) is 53.4 Å². The maximum atomic E-state index is 12.5. The molecule has 24 heavy (non-hydrogen) atoms. The molecule has 0 aliphatic carbocycles. The predicted molar refractivity (Wildman–Crippen MR) is 93.2 cm³/mol. The third-order valence-corrected chi connectivity index (χ3v) is 4.86. The normalized spacial score (nSPS) is 11.1. The van der Waals surface area contributed by atoms with Crippen molar-refractivity contribution in [2.75, 3.05) is 27.0 Å². The summed E-state index contributed by atoms with van der Waals surface area (Å²) in [5.74, 6) is 0.592. The first-order valence-electron chi connectivity index (χ1n) is 7.50. The van der Waals surface area contributed by atoms with E-state index in [0.717, 1.165) is 17.6 Å². The summed E-state index contributed by atoms with van der Waals surface area (Å²) in [4.78, 5) is 14.2. The largest absolute Gasteiger partial charge is 0.497 e. The Morgan fingerprint density at radius 2 is 1.79 bits per heavy atom. The van der Waals surface area contributed by atoms with Crippen LogP contribution in [0.2, 0.25) is 0 Å². The van der Waals surface area contributed by atoms with Crippen molar-refractivity contribution in [3.63, 3.8) is 0 Å². The van der Waals surface area contributed by atoms with Crippen LogP contribution in [-0.2, 0) is 16.3 Å². The van der Waals surface area contributed by atoms with Crippen LogP contribution in [0.3, 0.4) is 0 Å². The standard InChI is InChI=1S/C18H21NO4S/c1-19(12-11-14-7-9-16(23-2)10-8-14)18(20)15-5-4-6-17(13-15)24(3,21)22/h4-10,13H,11-12H2,1-3H3. The molecule has 2 aromatic rings. The molecule has 2 rings (SSSR count). The Balaban J connectivity index is 2.04. The second kappa shape index (κ2) is 7.49. The van der Waals surface area contributed by atoms with Crippen LogP contribution >= 0.6 is 0 Å². The van der Waals surface area contributed by atoms with Crippen LogP contribution in [-0.4, -0.2) is 46.2 Å². The lowest BCUT2D eigenvalue weighted by atomic mass is 10.1. The Labute approximate surface area is 142 Å². The van der Waals surface area contributed by atoms with Gasteiger partial charge in [-0.15, -0.1) is 0 Å². The van der Waals surface area contributed by atoms with Crippen LogP contribution in [0.4, 0.5) is 0 Å². The average Bonchev–Trinajstić information content (AvgIpc) is 2.58. The van der Waals surface area contributed by atoms with Crippen molar-refractivity contribution in [3.8, 4) is 5.75 Å². The first kappa shape index (κ1) is 18.0. The molecule has 2 aromatic carbocycles. The van der Waals surface area contributed by atoms with Crippen molar-refractivity contribution in [1.82, 2.24) is 4.90 Å². The van der Waals surface area contributed by atoms with Gasteiger partial charge in [0, 0.05) is 25.4 Å². The highest BCUT2D eigenvalue weighted by Crippen LogP contribution is 2.14. The number of benzene rings is 2. The summed E-state index contributed by atoms with van der Waals surface area (Å²) in [7, 11) is -0.00460. The number of hydrogen-bond donors (Lipinski definition) is 0. The molecule has 0 unspecified atom stereocenters. The Hall–Kier alpha value is -2.34. The molecule has 0 atom stereocenters. The third kappa shape index (κ3) is 4.58. The second-order valence-electron chi connectivity index (χ2n) is 5.62. The molecular formula is C18H21NO4S. The fraction of sp³-hybridized carbons (Fsp3) is 0.278. The third-order valence-electron chi connectivity index (χ3n) is 3.75. The van der Waals surface area contributed by atoms with Crippen molar-refractivity contribution in [2.24, 2.45) is 0 Å². The Kier molecular flexibility index (Phi) is 5.62. The van der Waals surface area contributed by atoms with Crippen LogP contribution in [0.1, 0.15) is 15.9 Å². The van der Waals surface area contributed by atoms with E-state index in [0.29, 0.717) is 18.5 Å². The molecule has 1 amide bonds. The number of sulfone groups is 1. The number of likely N-dealkylation sites (N-methyl/N-ethyl adjacent to an activating group) is 1. The number of methoxy groups -OCH3 is 1. The number of nitrogens with zero attached hydrogens (tertiary/aromatic N) is 1. The van der Waals surface area contributed by atoms with Gasteiger partial charge < -0.3 is 9.64 Å². The molecule has 0 aromatic heterocycles. The van der Waals surface area contributed by atoms with Gasteiger partial charge in [-0.3, -0.25) is 4.79 Å². The van der Waals surface area contributed by atoms with Gasteiger partial charge in [0.2, 0.25) is 0 Å². The summed E-state index contributed by atoms with van der Waals surface area (Å²) < 4.78 is 28.3. The van der Waals surface area contributed by atoms with E-state index in [9.17, 15) is 13.2 Å². The predicted octanol–water partition coefficient (Wildman–Crippen LogP) is 2.41. The van der Waals surface area contributed by atoms with Gasteiger partial charge in [0.05, 0.1) is 12.0 Å². The highest BCUT2D eigenvalue weighted by atomic mass is 32.2. The molecule has 0 aliphatic rings. The van der Waals surface area contributed by atoms with Crippen molar-refractivity contribution < 1.29 is 17.9 Å². The lowest BCUT2D eigenvalue weighted by Gasteiger charge is -2.17. The topological polar surface area (TPSA) is 63.7 Å². The number of amides is 1. The van der Waals surface area contributed by atoms with E-state index in [1.165, 1.54) is 12.1 Å². The molecule has 128 valence electrons. The summed E-state index contributed by atoms with van der Waals surface area (Å²) in [6.45, 7) is 0.536. The highest BCUT2D eigenvalue weighted by Gasteiger charge is 2.15. The molecule has 0 saturated heterocycles. The van der Waals surface area contributed by atoms with Crippen molar-refractivity contribution >= 4 is 15.7 Å². The summed E-state index contributed by atoms with van der Waals surface area (Å²) in [5, 5.41) is 0. The second-order valence-corrected chi connectivity index (χ2v) is 7.64. The molecule has 0 bridgehead atoms. The van der Waals surface area contributed by atoms with Gasteiger partial charge in [-0.1, -0.05) is 18.2 Å². The molecule has 5 nitrogen and oxygen atoms in total. The number of rotatable bonds is 6. The van der Waals surface area contributed by atoms with Crippen LogP contribution in [0, 0.1) is 0 Å². The molecule has 0 fully saturated rings. The van der Waals surface area contributed by atoms with Gasteiger partial charge in [0.1, 0.15) is 5.75 Å². The van der Waals surface area contributed by atoms with Crippen LogP contribution in [0.5, 0.6) is 5.75 Å². The zero-order chi connectivity index (χ0) is 17.7. The van der Waals surface area contributed by atoms with Gasteiger partial charge in [-0.25, -0.2) is 8.42 Å². The minimum absolute atomic E-state index is 0.150. The van der Waals surface area contributed by atoms with E-state index in [-0.39, 0.29) is 10.8 Å². The smallest absolute Gasteiger partial charge is 0.253 e. The molecule has 0 spiro atoms. The summed E-state index contributed by atoms with van der Waals surface area (Å²) in [6, 6.07) is 13.8. The van der Waals surface area contributed by atoms with Gasteiger partial charge in [-0.05, 0) is 42.3 Å². The maximum absolute atomic E-state index is 12.5. The lowest BCUT2D eigenvalue weighted by molar-refractivity contribution is 0.0796. The molecular weight excluding hydrogens is 326 g/mol. The summed E-state index contributed by atoms with van der Waals surface area (Å²) in [6.07, 6.45) is 1.84. The SMILES string of the molecule is COc1ccc(CCN(C)C(=O)c2cccc(S(C)(=O)=O)c2)cc1. The zero-order valence-electron chi connectivity index (χ0n) is 14.0. The Bertz CT molecular complexity index is 813. The van der Waals surface area contributed by atoms with Crippen LogP contribution in [0.25, 0.3) is 0 Å². The quantitative estimate of drug-likeness (QED) is 0.805. The number of carbonyl (C=O) groups excluding carboxylic acids is 1. The van der Waals surface area contributed by atoms with Gasteiger partial charge >= 0.3 is 0 Å². The van der Waals surface area contributed by atoms with Gasteiger partial charge in [0.25, 0.3) is 5.91 Å². The minimum Gasteiger partial charge on any atom is -0.497 e. The zero-order valence-corrected chi connectivity index (χ0v) is 14.8. The fourth-order valence-corrected chi connectivity index (χ4v) is 2.94. The Morgan fingerprint density at radius 3 is 2.38 bits per heavy atom. The van der Waals surface area contributed by atoms with Crippen molar-refractivity contribution in [2.45, 2.75) is 11.3 Å². The first-order valence-corrected chi connectivity index (χ1v) is 9.39. The number of carbonyl (C=O) groups is 1. The Morgan fingerprint density at radius 1 is 1.12 bits per heavy atom. The molecule has 0 heterocycles. The van der Waals surface area contributed by atoms with E-state index in [2.05, 4.69) is 0 Å². The van der Waals surface area contributed by atoms with E-state index in [4.69, 9.17) is 4.74 Å². The molecule has 6 heteroatoms.